The number of carbonyl (C=O) groups excluding carboxylic acids is 1. The van der Waals surface area contributed by atoms with Gasteiger partial charge in [0.2, 0.25) is 6.29 Å². The third kappa shape index (κ3) is 7.56. The molecule has 228 valence electrons. The van der Waals surface area contributed by atoms with Crippen LogP contribution in [0.25, 0.3) is 16.6 Å². The summed E-state index contributed by atoms with van der Waals surface area (Å²) in [5.74, 6) is -6.80. The monoisotopic (exact) mass is 660 g/mol. The fourth-order valence-corrected chi connectivity index (χ4v) is 5.83. The molecule has 0 saturated carbocycles. The normalized spacial score (nSPS) is 21.7. The van der Waals surface area contributed by atoms with Crippen molar-refractivity contribution in [3.63, 3.8) is 0 Å². The van der Waals surface area contributed by atoms with Crippen molar-refractivity contribution in [3.05, 3.63) is 63.1 Å². The zero-order valence-electron chi connectivity index (χ0n) is 23.1. The largest absolute Gasteiger partial charge is 0.481 e. The van der Waals surface area contributed by atoms with Crippen LogP contribution in [0.3, 0.4) is 0 Å². The Labute approximate surface area is 253 Å². The van der Waals surface area contributed by atoms with Gasteiger partial charge < -0.3 is 29.5 Å². The molecule has 2 aromatic carbocycles. The summed E-state index contributed by atoms with van der Waals surface area (Å²) in [4.78, 5) is 64.6. The lowest BCUT2D eigenvalue weighted by atomic mass is 9.71. The van der Waals surface area contributed by atoms with Gasteiger partial charge in [-0.1, -0.05) is 15.9 Å². The van der Waals surface area contributed by atoms with E-state index in [0.29, 0.717) is 22.4 Å². The van der Waals surface area contributed by atoms with E-state index in [0.717, 1.165) is 11.4 Å². The van der Waals surface area contributed by atoms with Crippen molar-refractivity contribution < 1.29 is 48.7 Å². The molecule has 0 amide bonds. The van der Waals surface area contributed by atoms with Gasteiger partial charge in [0.15, 0.2) is 0 Å². The van der Waals surface area contributed by atoms with E-state index >= 15 is 0 Å². The van der Waals surface area contributed by atoms with Gasteiger partial charge in [0.1, 0.15) is 18.2 Å². The van der Waals surface area contributed by atoms with E-state index in [1.807, 2.05) is 0 Å². The molecule has 1 aliphatic heterocycles. The topological polar surface area (TPSA) is 192 Å². The fraction of sp³-hybridized carbons (Fsp3) is 0.379. The molecular weight excluding hydrogens is 632 g/mol. The van der Waals surface area contributed by atoms with Crippen LogP contribution in [0.15, 0.2) is 51.7 Å². The Bertz CT molecular complexity index is 1600. The lowest BCUT2D eigenvalue weighted by molar-refractivity contribution is -0.237. The minimum Gasteiger partial charge on any atom is -0.481 e. The average molecular weight is 661 g/mol. The molecule has 4 rings (SSSR count). The quantitative estimate of drug-likeness (QED) is 0.254. The second-order valence-corrected chi connectivity index (χ2v) is 11.1. The zero-order valence-corrected chi connectivity index (χ0v) is 24.7. The Morgan fingerprint density at radius 2 is 1.53 bits per heavy atom. The van der Waals surface area contributed by atoms with Crippen LogP contribution in [0.1, 0.15) is 32.0 Å². The van der Waals surface area contributed by atoms with Crippen molar-refractivity contribution in [2.45, 2.75) is 45.5 Å². The molecule has 43 heavy (non-hydrogen) atoms. The van der Waals surface area contributed by atoms with E-state index in [-0.39, 0.29) is 17.9 Å². The van der Waals surface area contributed by atoms with Crippen LogP contribution in [0.4, 0.5) is 0 Å². The summed E-state index contributed by atoms with van der Waals surface area (Å²) in [6, 6.07) is 11.5. The summed E-state index contributed by atoms with van der Waals surface area (Å²) >= 11 is 3.37. The number of halogens is 1. The highest BCUT2D eigenvalue weighted by atomic mass is 79.9. The lowest BCUT2D eigenvalue weighted by Gasteiger charge is -2.45. The number of fused-ring (bicyclic) bond motifs is 1. The number of carboxylic acids is 3. The van der Waals surface area contributed by atoms with Crippen LogP contribution in [0.5, 0.6) is 5.75 Å². The number of carboxylic acid groups (broad SMARTS) is 3. The summed E-state index contributed by atoms with van der Waals surface area (Å²) in [7, 11) is 0. The number of aliphatic carboxylic acids is 3. The molecule has 5 atom stereocenters. The molecule has 3 aromatic rings. The highest BCUT2D eigenvalue weighted by Gasteiger charge is 2.49. The van der Waals surface area contributed by atoms with E-state index in [2.05, 4.69) is 20.9 Å². The number of benzene rings is 2. The maximum Gasteiger partial charge on any atom is 0.303 e. The van der Waals surface area contributed by atoms with Gasteiger partial charge in [-0.3, -0.25) is 28.5 Å². The predicted molar refractivity (Wildman–Crippen MR) is 153 cm³/mol. The number of aryl methyl sites for hydroxylation is 1. The summed E-state index contributed by atoms with van der Waals surface area (Å²) in [6.45, 7) is 2.47. The number of nitrogens with zero attached hydrogens (tertiary/aromatic N) is 2. The number of rotatable bonds is 11. The average Bonchev–Trinajstić information content (AvgIpc) is 2.91. The van der Waals surface area contributed by atoms with E-state index in [1.54, 1.807) is 37.3 Å². The fourth-order valence-electron chi connectivity index (χ4n) is 5.47. The second-order valence-electron chi connectivity index (χ2n) is 10.2. The molecule has 0 spiro atoms. The second kappa shape index (κ2) is 13.3. The smallest absolute Gasteiger partial charge is 0.303 e. The van der Waals surface area contributed by atoms with Gasteiger partial charge in [-0.15, -0.1) is 0 Å². The van der Waals surface area contributed by atoms with Gasteiger partial charge in [0.05, 0.1) is 35.5 Å². The van der Waals surface area contributed by atoms with Crippen molar-refractivity contribution in [2.75, 3.05) is 6.61 Å². The molecule has 0 unspecified atom stereocenters. The number of hydrogen-bond acceptors (Lipinski definition) is 9. The van der Waals surface area contributed by atoms with Crippen molar-refractivity contribution in [2.24, 2.45) is 17.8 Å². The van der Waals surface area contributed by atoms with Crippen LogP contribution >= 0.6 is 15.9 Å². The number of aromatic nitrogens is 2. The molecule has 1 fully saturated rings. The van der Waals surface area contributed by atoms with Gasteiger partial charge >= 0.3 is 23.9 Å². The maximum absolute atomic E-state index is 13.3. The molecule has 1 saturated heterocycles. The first kappa shape index (κ1) is 31.6. The first-order chi connectivity index (χ1) is 20.3. The van der Waals surface area contributed by atoms with Gasteiger partial charge in [-0.25, -0.2) is 4.98 Å². The predicted octanol–water partition coefficient (Wildman–Crippen LogP) is 3.40. The molecule has 13 nitrogen and oxygen atoms in total. The van der Waals surface area contributed by atoms with Crippen LogP contribution in [-0.4, -0.2) is 67.7 Å². The molecule has 1 aliphatic rings. The summed E-state index contributed by atoms with van der Waals surface area (Å²) in [6.07, 6.45) is -4.05. The van der Waals surface area contributed by atoms with E-state index in [1.165, 1.54) is 16.7 Å². The number of ether oxygens (including phenoxy) is 3. The molecule has 0 aliphatic carbocycles. The van der Waals surface area contributed by atoms with Gasteiger partial charge in [-0.2, -0.15) is 0 Å². The summed E-state index contributed by atoms with van der Waals surface area (Å²) in [5, 5.41) is 29.2. The Hall–Kier alpha value is -4.30. The first-order valence-electron chi connectivity index (χ1n) is 13.2. The third-order valence-corrected chi connectivity index (χ3v) is 7.76. The first-order valence-corrected chi connectivity index (χ1v) is 14.0. The van der Waals surface area contributed by atoms with Crippen LogP contribution in [-0.2, 0) is 28.7 Å². The zero-order chi connectivity index (χ0) is 31.4. The van der Waals surface area contributed by atoms with Gasteiger partial charge in [-0.05, 0) is 55.3 Å². The van der Waals surface area contributed by atoms with Crippen molar-refractivity contribution in [1.29, 1.82) is 0 Å². The number of hydrogen-bond donors (Lipinski definition) is 3. The third-order valence-electron chi connectivity index (χ3n) is 7.26. The number of carbonyl (C=O) groups is 4. The SMILES string of the molecule is CC(=O)OC[C@H]1O[C@@H](Oc2ccc(-n3c(C)nc4ccc(Br)cc4c3=O)cc2)[C@@H](CC(=O)O)[C@H](CC(=O)O)[C@@H]1CC(=O)O. The van der Waals surface area contributed by atoms with Crippen molar-refractivity contribution in [1.82, 2.24) is 9.55 Å². The van der Waals surface area contributed by atoms with Crippen LogP contribution in [0.2, 0.25) is 0 Å². The van der Waals surface area contributed by atoms with Crippen molar-refractivity contribution in [3.8, 4) is 11.4 Å². The van der Waals surface area contributed by atoms with Gasteiger partial charge in [0, 0.05) is 29.7 Å². The molecular formula is C29H29BrN2O11. The lowest BCUT2D eigenvalue weighted by Crippen LogP contribution is -2.53. The minimum atomic E-state index is -1.32. The molecule has 1 aromatic heterocycles. The van der Waals surface area contributed by atoms with E-state index in [4.69, 9.17) is 14.2 Å². The molecule has 2 heterocycles. The number of esters is 1. The maximum atomic E-state index is 13.3. The molecule has 14 heteroatoms. The highest BCUT2D eigenvalue weighted by Crippen LogP contribution is 2.42. The Morgan fingerprint density at radius 3 is 2.14 bits per heavy atom. The van der Waals surface area contributed by atoms with E-state index < -0.39 is 73.3 Å². The molecule has 0 radical (unpaired) electrons. The van der Waals surface area contributed by atoms with Crippen LogP contribution in [0, 0.1) is 24.7 Å². The van der Waals surface area contributed by atoms with E-state index in [9.17, 15) is 39.3 Å². The Morgan fingerprint density at radius 1 is 0.930 bits per heavy atom. The molecule has 3 N–H and O–H groups in total. The summed E-state index contributed by atoms with van der Waals surface area (Å²) in [5.41, 5.74) is 0.735. The molecule has 0 bridgehead atoms. The Kier molecular flexibility index (Phi) is 9.81. The highest BCUT2D eigenvalue weighted by molar-refractivity contribution is 9.10. The Balaban J connectivity index is 1.68. The minimum absolute atomic E-state index is 0.211. The van der Waals surface area contributed by atoms with Crippen LogP contribution < -0.4 is 10.3 Å². The van der Waals surface area contributed by atoms with Gasteiger partial charge in [0.25, 0.3) is 5.56 Å². The standard InChI is InChI=1S/C29H29BrN2O11/c1-14-31-23-8-3-16(30)9-22(23)28(40)32(14)17-4-6-18(7-5-17)42-29-21(12-27(38)39)19(10-25(34)35)20(11-26(36)37)24(43-29)13-41-15(2)33/h3-9,19-21,24,29H,10-13H2,1-2H3,(H,34,35)(H,36,37)(H,38,39)/t19-,20+,21+,24-,29-/m1/s1. The summed E-state index contributed by atoms with van der Waals surface area (Å²) < 4.78 is 19.3. The van der Waals surface area contributed by atoms with Crippen molar-refractivity contribution >= 4 is 50.7 Å².